The first-order valence-electron chi connectivity index (χ1n) is 10.4. The van der Waals surface area contributed by atoms with Crippen molar-refractivity contribution in [1.82, 2.24) is 10.6 Å². The highest BCUT2D eigenvalue weighted by Gasteiger charge is 2.38. The van der Waals surface area contributed by atoms with Crippen molar-refractivity contribution in [2.24, 2.45) is 11.8 Å². The molecule has 4 fully saturated rings. The first-order valence-corrected chi connectivity index (χ1v) is 10.4. The quantitative estimate of drug-likeness (QED) is 0.412. The van der Waals surface area contributed by atoms with Gasteiger partial charge in [-0.25, -0.2) is 9.59 Å². The van der Waals surface area contributed by atoms with Gasteiger partial charge in [0, 0.05) is 11.1 Å². The van der Waals surface area contributed by atoms with Crippen LogP contribution in [-0.2, 0) is 9.59 Å². The van der Waals surface area contributed by atoms with Crippen molar-refractivity contribution in [2.75, 3.05) is 13.1 Å². The predicted octanol–water partition coefficient (Wildman–Crippen LogP) is 0.954. The zero-order valence-electron chi connectivity index (χ0n) is 17.0. The molecule has 0 amide bonds. The first kappa shape index (κ1) is 23.1. The minimum Gasteiger partial charge on any atom is -0.479 e. The average molecular weight is 401 g/mol. The van der Waals surface area contributed by atoms with Crippen molar-refractivity contribution in [2.45, 2.75) is 88.5 Å². The van der Waals surface area contributed by atoms with Gasteiger partial charge in [0.05, 0.1) is 0 Å². The summed E-state index contributed by atoms with van der Waals surface area (Å²) in [5.41, 5.74) is 1.09. The Morgan fingerprint density at radius 1 is 0.821 bits per heavy atom. The van der Waals surface area contributed by atoms with Crippen LogP contribution in [0.15, 0.2) is 0 Å². The molecule has 2 heterocycles. The van der Waals surface area contributed by atoms with Crippen LogP contribution in [0.5, 0.6) is 0 Å². The molecular weight excluding hydrogens is 364 g/mol. The molecule has 0 aromatic heterocycles. The smallest absolute Gasteiger partial charge is 0.335 e. The van der Waals surface area contributed by atoms with Crippen molar-refractivity contribution in [3.05, 3.63) is 0 Å². The second kappa shape index (κ2) is 9.52. The van der Waals surface area contributed by atoms with E-state index in [0.29, 0.717) is 11.1 Å². The van der Waals surface area contributed by atoms with E-state index in [1.165, 1.54) is 64.5 Å². The molecule has 8 heteroatoms. The molecule has 2 aliphatic heterocycles. The van der Waals surface area contributed by atoms with Gasteiger partial charge in [0.1, 0.15) is 0 Å². The van der Waals surface area contributed by atoms with Crippen LogP contribution in [-0.4, -0.2) is 68.7 Å². The molecule has 0 spiro atoms. The normalized spacial score (nSPS) is 37.6. The molecule has 2 saturated carbocycles. The Hall–Kier alpha value is -1.22. The highest BCUT2D eigenvalue weighted by molar-refractivity contribution is 5.83. The Labute approximate surface area is 166 Å². The number of nitrogens with one attached hydrogen (secondary N) is 2. The van der Waals surface area contributed by atoms with Crippen LogP contribution in [0.2, 0.25) is 0 Å². The molecule has 0 aromatic rings. The number of hydrogen-bond acceptors (Lipinski definition) is 6. The molecular formula is C20H36N2O6. The standard InChI is InChI=1S/2C8H15N.C4H6O6/c2*1-8-4-2-3-7(5-8)6-9-8;5-1(3(7)8)2(6)4(9)10/h2*7,9H,2-6H2,1H3;1-2,5-6H,(H,7,8)(H,9,10). The Morgan fingerprint density at radius 2 is 1.18 bits per heavy atom. The summed E-state index contributed by atoms with van der Waals surface area (Å²) in [7, 11) is 0. The van der Waals surface area contributed by atoms with Crippen molar-refractivity contribution in [3.63, 3.8) is 0 Å². The van der Waals surface area contributed by atoms with Crippen LogP contribution in [0.3, 0.4) is 0 Å². The number of rotatable bonds is 3. The summed E-state index contributed by atoms with van der Waals surface area (Å²) in [4.78, 5) is 19.5. The van der Waals surface area contributed by atoms with Gasteiger partial charge in [-0.15, -0.1) is 0 Å². The number of carboxylic acids is 2. The second-order valence-electron chi connectivity index (χ2n) is 9.37. The van der Waals surface area contributed by atoms with E-state index < -0.39 is 24.1 Å². The highest BCUT2D eigenvalue weighted by Crippen LogP contribution is 2.37. The topological polar surface area (TPSA) is 139 Å². The maximum atomic E-state index is 9.77. The summed E-state index contributed by atoms with van der Waals surface area (Å²) in [5, 5.41) is 39.7. The predicted molar refractivity (Wildman–Crippen MR) is 104 cm³/mol. The molecule has 8 nitrogen and oxygen atoms in total. The van der Waals surface area contributed by atoms with E-state index in [9.17, 15) is 9.59 Å². The van der Waals surface area contributed by atoms with Gasteiger partial charge in [-0.2, -0.15) is 0 Å². The summed E-state index contributed by atoms with van der Waals surface area (Å²) in [6, 6.07) is 0. The first-order chi connectivity index (χ1) is 13.0. The second-order valence-corrected chi connectivity index (χ2v) is 9.37. The molecule has 162 valence electrons. The fraction of sp³-hybridized carbons (Fsp3) is 0.900. The van der Waals surface area contributed by atoms with Gasteiger partial charge in [-0.1, -0.05) is 12.8 Å². The van der Waals surface area contributed by atoms with Gasteiger partial charge in [0.2, 0.25) is 0 Å². The van der Waals surface area contributed by atoms with Crippen LogP contribution < -0.4 is 10.6 Å². The van der Waals surface area contributed by atoms with Gasteiger partial charge >= 0.3 is 11.9 Å². The lowest BCUT2D eigenvalue weighted by atomic mass is 9.82. The number of hydrogen-bond donors (Lipinski definition) is 6. The lowest BCUT2D eigenvalue weighted by Crippen LogP contribution is -2.39. The molecule has 0 aromatic carbocycles. The van der Waals surface area contributed by atoms with E-state index >= 15 is 0 Å². The molecule has 2 saturated heterocycles. The number of carbonyl (C=O) groups is 2. The zero-order chi connectivity index (χ0) is 20.9. The maximum Gasteiger partial charge on any atom is 0.335 e. The third kappa shape index (κ3) is 6.40. The molecule has 2 aliphatic carbocycles. The highest BCUT2D eigenvalue weighted by atomic mass is 16.4. The Bertz CT molecular complexity index is 503. The van der Waals surface area contributed by atoms with Gasteiger partial charge in [-0.05, 0) is 77.3 Å². The molecule has 6 unspecified atom stereocenters. The minimum absolute atomic E-state index is 0.545. The van der Waals surface area contributed by atoms with Gasteiger partial charge in [0.25, 0.3) is 0 Å². The van der Waals surface area contributed by atoms with E-state index in [1.54, 1.807) is 0 Å². The van der Waals surface area contributed by atoms with Crippen LogP contribution in [0.25, 0.3) is 0 Å². The van der Waals surface area contributed by atoms with E-state index in [2.05, 4.69) is 24.5 Å². The number of aliphatic hydroxyl groups excluding tert-OH is 2. The molecule has 28 heavy (non-hydrogen) atoms. The van der Waals surface area contributed by atoms with E-state index in [1.807, 2.05) is 0 Å². The number of fused-ring (bicyclic) bond motifs is 4. The number of aliphatic hydroxyl groups is 2. The van der Waals surface area contributed by atoms with Gasteiger partial charge in [-0.3, -0.25) is 0 Å². The average Bonchev–Trinajstić information content (AvgIpc) is 3.07. The van der Waals surface area contributed by atoms with Crippen molar-refractivity contribution < 1.29 is 30.0 Å². The van der Waals surface area contributed by atoms with E-state index in [-0.39, 0.29) is 0 Å². The molecule has 4 bridgehead atoms. The van der Waals surface area contributed by atoms with Crippen molar-refractivity contribution in [1.29, 1.82) is 0 Å². The minimum atomic E-state index is -2.27. The Kier molecular flexibility index (Phi) is 7.84. The Morgan fingerprint density at radius 3 is 1.43 bits per heavy atom. The van der Waals surface area contributed by atoms with Gasteiger partial charge in [0.15, 0.2) is 12.2 Å². The van der Waals surface area contributed by atoms with Crippen molar-refractivity contribution >= 4 is 11.9 Å². The molecule has 4 rings (SSSR count). The summed E-state index contributed by atoms with van der Waals surface area (Å²) in [6.45, 7) is 7.31. The SMILES string of the molecule is CC12CCCC(CN1)C2.CC12CCCC(CN1)C2.O=C(O)C(O)C(O)C(=O)O. The zero-order valence-corrected chi connectivity index (χ0v) is 17.0. The summed E-state index contributed by atoms with van der Waals surface area (Å²) < 4.78 is 0. The van der Waals surface area contributed by atoms with E-state index in [0.717, 1.165) is 11.8 Å². The third-order valence-electron chi connectivity index (χ3n) is 6.60. The Balaban J connectivity index is 0.000000150. The van der Waals surface area contributed by atoms with Crippen LogP contribution in [0, 0.1) is 11.8 Å². The fourth-order valence-corrected chi connectivity index (χ4v) is 4.97. The summed E-state index contributed by atoms with van der Waals surface area (Å²) in [6.07, 6.45) is 7.01. The molecule has 6 N–H and O–H groups in total. The van der Waals surface area contributed by atoms with Crippen LogP contribution in [0.4, 0.5) is 0 Å². The largest absolute Gasteiger partial charge is 0.479 e. The number of carboxylic acid groups (broad SMARTS) is 2. The van der Waals surface area contributed by atoms with Crippen LogP contribution in [0.1, 0.15) is 65.2 Å². The molecule has 0 radical (unpaired) electrons. The van der Waals surface area contributed by atoms with Crippen molar-refractivity contribution in [3.8, 4) is 0 Å². The fourth-order valence-electron chi connectivity index (χ4n) is 4.97. The van der Waals surface area contributed by atoms with E-state index in [4.69, 9.17) is 20.4 Å². The maximum absolute atomic E-state index is 9.77. The molecule has 6 atom stereocenters. The lowest BCUT2D eigenvalue weighted by Gasteiger charge is -2.28. The summed E-state index contributed by atoms with van der Waals surface area (Å²) >= 11 is 0. The number of aliphatic carboxylic acids is 2. The lowest BCUT2D eigenvalue weighted by molar-refractivity contribution is -0.165. The third-order valence-corrected chi connectivity index (χ3v) is 6.60. The molecule has 4 aliphatic rings. The monoisotopic (exact) mass is 400 g/mol. The van der Waals surface area contributed by atoms with Gasteiger partial charge < -0.3 is 31.1 Å². The van der Waals surface area contributed by atoms with Crippen LogP contribution >= 0.6 is 0 Å². The summed E-state index contributed by atoms with van der Waals surface area (Å²) in [5.74, 6) is -1.50.